The minimum atomic E-state index is -0.702. The number of aryl methyl sites for hydroxylation is 1. The Kier molecular flexibility index (Phi) is 4.95. The van der Waals surface area contributed by atoms with Gasteiger partial charge >= 0.3 is 6.16 Å². The van der Waals surface area contributed by atoms with Crippen LogP contribution in [0.15, 0.2) is 60.7 Å². The van der Waals surface area contributed by atoms with Crippen LogP contribution in [-0.4, -0.2) is 12.8 Å². The van der Waals surface area contributed by atoms with Crippen LogP contribution in [0.1, 0.15) is 11.1 Å². The molecule has 3 heteroatoms. The van der Waals surface area contributed by atoms with Crippen LogP contribution in [0.3, 0.4) is 0 Å². The van der Waals surface area contributed by atoms with Gasteiger partial charge in [0.2, 0.25) is 0 Å². The van der Waals surface area contributed by atoms with E-state index in [1.165, 1.54) is 0 Å². The number of carbonyl (C=O) groups excluding carboxylic acids is 1. The summed E-state index contributed by atoms with van der Waals surface area (Å²) in [6.45, 7) is 2.15. The number of rotatable bonds is 4. The van der Waals surface area contributed by atoms with Crippen molar-refractivity contribution in [3.63, 3.8) is 0 Å². The van der Waals surface area contributed by atoms with Crippen LogP contribution in [0.5, 0.6) is 5.75 Å². The van der Waals surface area contributed by atoms with Crippen LogP contribution in [0.25, 0.3) is 6.08 Å². The quantitative estimate of drug-likeness (QED) is 0.615. The molecular formula is C17H16O3. The first-order valence-corrected chi connectivity index (χ1v) is 6.37. The van der Waals surface area contributed by atoms with Crippen LogP contribution < -0.4 is 4.74 Å². The van der Waals surface area contributed by atoms with Crippen molar-refractivity contribution in [3.05, 3.63) is 71.8 Å². The van der Waals surface area contributed by atoms with Crippen molar-refractivity contribution in [2.75, 3.05) is 6.61 Å². The molecule has 0 aromatic heterocycles. The van der Waals surface area contributed by atoms with Gasteiger partial charge in [0.1, 0.15) is 12.4 Å². The molecule has 0 aliphatic rings. The van der Waals surface area contributed by atoms with Crippen LogP contribution in [0, 0.1) is 6.92 Å². The maximum Gasteiger partial charge on any atom is 0.514 e. The Bertz CT molecular complexity index is 571. The van der Waals surface area contributed by atoms with Gasteiger partial charge in [-0.1, -0.05) is 54.1 Å². The highest BCUT2D eigenvalue weighted by Crippen LogP contribution is 2.12. The lowest BCUT2D eigenvalue weighted by atomic mass is 10.2. The van der Waals surface area contributed by atoms with E-state index in [4.69, 9.17) is 9.47 Å². The molecule has 2 aromatic rings. The molecule has 2 aromatic carbocycles. The highest BCUT2D eigenvalue weighted by Gasteiger charge is 2.04. The molecule has 0 atom stereocenters. The Morgan fingerprint density at radius 1 is 1.05 bits per heavy atom. The third-order valence-corrected chi connectivity index (χ3v) is 2.63. The standard InChI is InChI=1S/C17H16O3/c1-14-9-11-16(12-10-14)20-17(18)19-13-5-8-15-6-3-2-4-7-15/h2-12H,13H2,1H3/b8-5+. The van der Waals surface area contributed by atoms with Crippen molar-refractivity contribution < 1.29 is 14.3 Å². The van der Waals surface area contributed by atoms with Crippen LogP contribution in [0.2, 0.25) is 0 Å². The fourth-order valence-electron chi connectivity index (χ4n) is 1.60. The monoisotopic (exact) mass is 268 g/mol. The molecule has 0 bridgehead atoms. The van der Waals surface area contributed by atoms with Gasteiger partial charge in [-0.05, 0) is 30.7 Å². The average Bonchev–Trinajstić information content (AvgIpc) is 2.47. The van der Waals surface area contributed by atoms with E-state index in [-0.39, 0.29) is 6.61 Å². The van der Waals surface area contributed by atoms with Crippen molar-refractivity contribution in [1.29, 1.82) is 0 Å². The number of benzene rings is 2. The summed E-state index contributed by atoms with van der Waals surface area (Å²) >= 11 is 0. The summed E-state index contributed by atoms with van der Waals surface area (Å²) in [6, 6.07) is 17.0. The summed E-state index contributed by atoms with van der Waals surface area (Å²) in [4.78, 5) is 11.4. The van der Waals surface area contributed by atoms with Crippen LogP contribution in [-0.2, 0) is 4.74 Å². The van der Waals surface area contributed by atoms with E-state index in [9.17, 15) is 4.79 Å². The Morgan fingerprint density at radius 3 is 2.45 bits per heavy atom. The zero-order valence-corrected chi connectivity index (χ0v) is 11.3. The summed E-state index contributed by atoms with van der Waals surface area (Å²) in [5.41, 5.74) is 2.17. The van der Waals surface area contributed by atoms with Crippen molar-refractivity contribution >= 4 is 12.2 Å². The van der Waals surface area contributed by atoms with Gasteiger partial charge < -0.3 is 9.47 Å². The summed E-state index contributed by atoms with van der Waals surface area (Å²) in [5.74, 6) is 0.479. The summed E-state index contributed by atoms with van der Waals surface area (Å²) in [7, 11) is 0. The van der Waals surface area contributed by atoms with Gasteiger partial charge in [0, 0.05) is 0 Å². The van der Waals surface area contributed by atoms with Crippen molar-refractivity contribution in [2.45, 2.75) is 6.92 Å². The van der Waals surface area contributed by atoms with Gasteiger partial charge in [-0.2, -0.15) is 0 Å². The van der Waals surface area contributed by atoms with E-state index in [1.54, 1.807) is 18.2 Å². The molecule has 0 N–H and O–H groups in total. The van der Waals surface area contributed by atoms with E-state index in [0.29, 0.717) is 5.75 Å². The molecule has 0 aliphatic heterocycles. The normalized spacial score (nSPS) is 10.4. The third kappa shape index (κ3) is 4.61. The Balaban J connectivity index is 1.75. The van der Waals surface area contributed by atoms with Crippen LogP contribution >= 0.6 is 0 Å². The predicted octanol–water partition coefficient (Wildman–Crippen LogP) is 4.22. The zero-order chi connectivity index (χ0) is 14.2. The van der Waals surface area contributed by atoms with Gasteiger partial charge in [-0.15, -0.1) is 0 Å². The molecular weight excluding hydrogens is 252 g/mol. The molecule has 2 rings (SSSR count). The third-order valence-electron chi connectivity index (χ3n) is 2.63. The smallest absolute Gasteiger partial charge is 0.430 e. The van der Waals surface area contributed by atoms with E-state index < -0.39 is 6.16 Å². The van der Waals surface area contributed by atoms with Gasteiger partial charge in [0.25, 0.3) is 0 Å². The second-order valence-corrected chi connectivity index (χ2v) is 4.29. The summed E-state index contributed by atoms with van der Waals surface area (Å²) in [6.07, 6.45) is 2.96. The second-order valence-electron chi connectivity index (χ2n) is 4.29. The fraction of sp³-hybridized carbons (Fsp3) is 0.118. The van der Waals surface area contributed by atoms with Gasteiger partial charge in [-0.25, -0.2) is 4.79 Å². The van der Waals surface area contributed by atoms with Crippen LogP contribution in [0.4, 0.5) is 4.79 Å². The number of carbonyl (C=O) groups is 1. The number of ether oxygens (including phenoxy) is 2. The lowest BCUT2D eigenvalue weighted by Crippen LogP contribution is -2.10. The van der Waals surface area contributed by atoms with E-state index in [0.717, 1.165) is 11.1 Å². The fourth-order valence-corrected chi connectivity index (χ4v) is 1.60. The lowest BCUT2D eigenvalue weighted by Gasteiger charge is -2.04. The Hall–Kier alpha value is -2.55. The highest BCUT2D eigenvalue weighted by molar-refractivity contribution is 5.64. The lowest BCUT2D eigenvalue weighted by molar-refractivity contribution is 0.110. The molecule has 102 valence electrons. The summed E-state index contributed by atoms with van der Waals surface area (Å²) in [5, 5.41) is 0. The molecule has 0 amide bonds. The molecule has 0 saturated heterocycles. The minimum absolute atomic E-state index is 0.180. The molecule has 0 heterocycles. The molecule has 0 saturated carbocycles. The molecule has 0 fully saturated rings. The molecule has 0 unspecified atom stereocenters. The minimum Gasteiger partial charge on any atom is -0.430 e. The molecule has 20 heavy (non-hydrogen) atoms. The van der Waals surface area contributed by atoms with Crippen molar-refractivity contribution in [3.8, 4) is 5.75 Å². The highest BCUT2D eigenvalue weighted by atomic mass is 16.7. The first kappa shape index (κ1) is 13.9. The van der Waals surface area contributed by atoms with E-state index in [1.807, 2.05) is 55.5 Å². The summed E-state index contributed by atoms with van der Waals surface area (Å²) < 4.78 is 9.98. The number of hydrogen-bond acceptors (Lipinski definition) is 3. The average molecular weight is 268 g/mol. The van der Waals surface area contributed by atoms with Gasteiger partial charge in [0.05, 0.1) is 0 Å². The molecule has 3 nitrogen and oxygen atoms in total. The SMILES string of the molecule is Cc1ccc(OC(=O)OC/C=C/c2ccccc2)cc1. The van der Waals surface area contributed by atoms with E-state index >= 15 is 0 Å². The first-order valence-electron chi connectivity index (χ1n) is 6.37. The van der Waals surface area contributed by atoms with Crippen molar-refractivity contribution in [2.24, 2.45) is 0 Å². The molecule has 0 spiro atoms. The topological polar surface area (TPSA) is 35.5 Å². The Labute approximate surface area is 118 Å². The zero-order valence-electron chi connectivity index (χ0n) is 11.3. The largest absolute Gasteiger partial charge is 0.514 e. The maximum absolute atomic E-state index is 11.4. The molecule has 0 aliphatic carbocycles. The second kappa shape index (κ2) is 7.14. The van der Waals surface area contributed by atoms with Crippen molar-refractivity contribution in [1.82, 2.24) is 0 Å². The maximum atomic E-state index is 11.4. The van der Waals surface area contributed by atoms with Gasteiger partial charge in [0.15, 0.2) is 0 Å². The first-order chi connectivity index (χ1) is 9.74. The van der Waals surface area contributed by atoms with Gasteiger partial charge in [-0.3, -0.25) is 0 Å². The Morgan fingerprint density at radius 2 is 1.75 bits per heavy atom. The van der Waals surface area contributed by atoms with E-state index in [2.05, 4.69) is 0 Å². The molecule has 0 radical (unpaired) electrons. The predicted molar refractivity (Wildman–Crippen MR) is 78.6 cm³/mol. The number of hydrogen-bond donors (Lipinski definition) is 0.